The van der Waals surface area contributed by atoms with Crippen molar-refractivity contribution < 1.29 is 5.11 Å². The summed E-state index contributed by atoms with van der Waals surface area (Å²) in [7, 11) is 0. The van der Waals surface area contributed by atoms with Crippen molar-refractivity contribution in [2.45, 2.75) is 41.9 Å². The fourth-order valence-corrected chi connectivity index (χ4v) is 4.79. The molecule has 0 bridgehead atoms. The summed E-state index contributed by atoms with van der Waals surface area (Å²) >= 11 is 5.31. The van der Waals surface area contributed by atoms with E-state index in [1.54, 1.807) is 6.07 Å². The number of phenolic OH excluding ortho intramolecular Hbond substituents is 1. The largest absolute Gasteiger partial charge is 0.508 e. The number of rotatable bonds is 2. The Morgan fingerprint density at radius 2 is 1.83 bits per heavy atom. The van der Waals surface area contributed by atoms with Gasteiger partial charge in [-0.3, -0.25) is 0 Å². The summed E-state index contributed by atoms with van der Waals surface area (Å²) in [6, 6.07) is 14.1. The van der Waals surface area contributed by atoms with Crippen LogP contribution in [-0.4, -0.2) is 16.4 Å². The molecule has 0 heterocycles. The highest BCUT2D eigenvalue weighted by Crippen LogP contribution is 2.43. The third kappa shape index (κ3) is 3.71. The van der Waals surface area contributed by atoms with Crippen molar-refractivity contribution in [3.8, 4) is 5.75 Å². The van der Waals surface area contributed by atoms with Gasteiger partial charge in [0, 0.05) is 26.1 Å². The Bertz CT molecular complexity index is 690. The Morgan fingerprint density at radius 1 is 1.17 bits per heavy atom. The van der Waals surface area contributed by atoms with Crippen LogP contribution in [-0.2, 0) is 11.8 Å². The van der Waals surface area contributed by atoms with Gasteiger partial charge >= 0.3 is 0 Å². The molecule has 0 radical (unpaired) electrons. The van der Waals surface area contributed by atoms with E-state index in [4.69, 9.17) is 5.73 Å². The molecular formula is C18H21BrClNOS. The van der Waals surface area contributed by atoms with Crippen molar-refractivity contribution in [1.82, 2.24) is 0 Å². The van der Waals surface area contributed by atoms with Crippen LogP contribution in [0.15, 0.2) is 51.8 Å². The number of halogens is 2. The molecule has 23 heavy (non-hydrogen) atoms. The topological polar surface area (TPSA) is 46.2 Å². The van der Waals surface area contributed by atoms with Crippen LogP contribution in [0.4, 0.5) is 0 Å². The lowest BCUT2D eigenvalue weighted by molar-refractivity contribution is 0.369. The highest BCUT2D eigenvalue weighted by atomic mass is 79.9. The number of hydrogen-bond donors (Lipinski definition) is 2. The summed E-state index contributed by atoms with van der Waals surface area (Å²) in [6.07, 6.45) is 0.931. The van der Waals surface area contributed by atoms with Crippen LogP contribution in [0.25, 0.3) is 0 Å². The van der Waals surface area contributed by atoms with Gasteiger partial charge in [0.2, 0.25) is 0 Å². The van der Waals surface area contributed by atoms with Gasteiger partial charge in [0.1, 0.15) is 5.75 Å². The van der Waals surface area contributed by atoms with Crippen molar-refractivity contribution in [1.29, 1.82) is 0 Å². The standard InChI is InChI=1S/C18H20BrNOS.ClH/c1-18(2)15-10-13(21)6-3-11(15)9-16(17(18)20)22-14-7-4-12(19)5-8-14;/h3-8,10,16-17,21H,9,20H2,1-2H3;1H/t16-,17+;/m0./s1. The quantitative estimate of drug-likeness (QED) is 0.735. The van der Waals surface area contributed by atoms with Crippen LogP contribution in [0, 0.1) is 0 Å². The molecule has 0 aromatic heterocycles. The van der Waals surface area contributed by atoms with Gasteiger partial charge in [-0.1, -0.05) is 35.8 Å². The highest BCUT2D eigenvalue weighted by molar-refractivity contribution is 9.10. The first-order valence-corrected chi connectivity index (χ1v) is 9.05. The monoisotopic (exact) mass is 413 g/mol. The molecule has 0 saturated heterocycles. The van der Waals surface area contributed by atoms with E-state index in [0.717, 1.165) is 10.9 Å². The minimum absolute atomic E-state index is 0. The average molecular weight is 415 g/mol. The Hall–Kier alpha value is -0.680. The van der Waals surface area contributed by atoms with Gasteiger partial charge in [-0.15, -0.1) is 24.2 Å². The lowest BCUT2D eigenvalue weighted by Crippen LogP contribution is -2.52. The minimum atomic E-state index is -0.153. The minimum Gasteiger partial charge on any atom is -0.508 e. The molecule has 2 aromatic carbocycles. The molecule has 0 spiro atoms. The zero-order valence-corrected chi connectivity index (χ0v) is 16.3. The number of hydrogen-bond acceptors (Lipinski definition) is 3. The maximum atomic E-state index is 9.78. The molecular weight excluding hydrogens is 394 g/mol. The molecule has 2 nitrogen and oxygen atoms in total. The molecule has 3 rings (SSSR count). The van der Waals surface area contributed by atoms with Crippen molar-refractivity contribution in [3.05, 3.63) is 58.1 Å². The summed E-state index contributed by atoms with van der Waals surface area (Å²) in [5, 5.41) is 10.1. The Morgan fingerprint density at radius 3 is 2.48 bits per heavy atom. The summed E-state index contributed by atoms with van der Waals surface area (Å²) in [5.41, 5.74) is 8.90. The number of thioether (sulfide) groups is 1. The van der Waals surface area contributed by atoms with Gasteiger partial charge in [-0.25, -0.2) is 0 Å². The maximum absolute atomic E-state index is 9.78. The lowest BCUT2D eigenvalue weighted by Gasteiger charge is -2.43. The van der Waals surface area contributed by atoms with Crippen LogP contribution in [0.1, 0.15) is 25.0 Å². The third-order valence-electron chi connectivity index (χ3n) is 4.54. The molecule has 0 unspecified atom stereocenters. The van der Waals surface area contributed by atoms with Gasteiger partial charge < -0.3 is 10.8 Å². The van der Waals surface area contributed by atoms with Gasteiger partial charge in [-0.2, -0.15) is 0 Å². The SMILES string of the molecule is CC1(C)c2cc(O)ccc2C[C@H](Sc2ccc(Br)cc2)[C@H]1N.Cl. The van der Waals surface area contributed by atoms with E-state index in [0.29, 0.717) is 11.0 Å². The predicted molar refractivity (Wildman–Crippen MR) is 104 cm³/mol. The second-order valence-corrected chi connectivity index (χ2v) is 8.63. The zero-order valence-electron chi connectivity index (χ0n) is 13.1. The molecule has 0 saturated carbocycles. The first-order chi connectivity index (χ1) is 10.4. The van der Waals surface area contributed by atoms with Crippen LogP contribution in [0.2, 0.25) is 0 Å². The number of nitrogens with two attached hydrogens (primary N) is 1. The van der Waals surface area contributed by atoms with Crippen LogP contribution >= 0.6 is 40.1 Å². The third-order valence-corrected chi connectivity index (χ3v) is 6.38. The summed E-state index contributed by atoms with van der Waals surface area (Å²) in [6.45, 7) is 4.34. The lowest BCUT2D eigenvalue weighted by atomic mass is 9.69. The normalized spacial score (nSPS) is 22.1. The van der Waals surface area contributed by atoms with Crippen LogP contribution in [0.3, 0.4) is 0 Å². The van der Waals surface area contributed by atoms with Crippen molar-refractivity contribution in [2.24, 2.45) is 5.73 Å². The van der Waals surface area contributed by atoms with E-state index in [-0.39, 0.29) is 23.9 Å². The van der Waals surface area contributed by atoms with E-state index >= 15 is 0 Å². The summed E-state index contributed by atoms with van der Waals surface area (Å²) in [4.78, 5) is 1.24. The van der Waals surface area contributed by atoms with Gasteiger partial charge in [0.05, 0.1) is 0 Å². The van der Waals surface area contributed by atoms with Crippen LogP contribution < -0.4 is 5.73 Å². The maximum Gasteiger partial charge on any atom is 0.115 e. The Labute approximate surface area is 156 Å². The average Bonchev–Trinajstić information content (AvgIpc) is 2.48. The van der Waals surface area contributed by atoms with Crippen LogP contribution in [0.5, 0.6) is 5.75 Å². The van der Waals surface area contributed by atoms with Crippen molar-refractivity contribution >= 4 is 40.1 Å². The Balaban J connectivity index is 0.00000192. The molecule has 1 aliphatic carbocycles. The predicted octanol–water partition coefficient (Wildman–Crippen LogP) is 4.90. The number of phenols is 1. The molecule has 2 atom stereocenters. The number of fused-ring (bicyclic) bond motifs is 1. The van der Waals surface area contributed by atoms with Gasteiger partial charge in [0.25, 0.3) is 0 Å². The van der Waals surface area contributed by atoms with E-state index in [2.05, 4.69) is 54.0 Å². The van der Waals surface area contributed by atoms with E-state index < -0.39 is 0 Å². The number of aromatic hydroxyl groups is 1. The zero-order chi connectivity index (χ0) is 15.9. The Kier molecular flexibility index (Phi) is 5.72. The molecule has 2 aromatic rings. The molecule has 3 N–H and O–H groups in total. The molecule has 5 heteroatoms. The second-order valence-electron chi connectivity index (χ2n) is 6.40. The van der Waals surface area contributed by atoms with E-state index in [1.807, 2.05) is 23.9 Å². The van der Waals surface area contributed by atoms with Crippen molar-refractivity contribution in [2.75, 3.05) is 0 Å². The highest BCUT2D eigenvalue weighted by Gasteiger charge is 2.40. The van der Waals surface area contributed by atoms with E-state index in [9.17, 15) is 5.11 Å². The summed E-state index contributed by atoms with van der Waals surface area (Å²) < 4.78 is 1.09. The summed E-state index contributed by atoms with van der Waals surface area (Å²) in [5.74, 6) is 0.318. The van der Waals surface area contributed by atoms with Gasteiger partial charge in [0.15, 0.2) is 0 Å². The fraction of sp³-hybridized carbons (Fsp3) is 0.333. The first-order valence-electron chi connectivity index (χ1n) is 7.38. The molecule has 1 aliphatic rings. The number of benzene rings is 2. The second kappa shape index (κ2) is 7.06. The molecule has 0 fully saturated rings. The van der Waals surface area contributed by atoms with E-state index in [1.165, 1.54) is 16.0 Å². The molecule has 124 valence electrons. The van der Waals surface area contributed by atoms with Gasteiger partial charge in [-0.05, 0) is 53.9 Å². The fourth-order valence-electron chi connectivity index (χ4n) is 3.13. The smallest absolute Gasteiger partial charge is 0.115 e. The first kappa shape index (κ1) is 18.7. The molecule has 0 amide bonds. The van der Waals surface area contributed by atoms with Crippen molar-refractivity contribution in [3.63, 3.8) is 0 Å². The molecule has 0 aliphatic heterocycles.